The van der Waals surface area contributed by atoms with E-state index in [1.54, 1.807) is 11.0 Å². The minimum absolute atomic E-state index is 0.0199. The van der Waals surface area contributed by atoms with Crippen LogP contribution in [0.15, 0.2) is 41.4 Å². The van der Waals surface area contributed by atoms with Gasteiger partial charge in [-0.15, -0.1) is 0 Å². The highest BCUT2D eigenvalue weighted by Crippen LogP contribution is 2.27. The first-order chi connectivity index (χ1) is 12.0. The van der Waals surface area contributed by atoms with Gasteiger partial charge < -0.3 is 9.80 Å². The molecule has 1 atom stereocenters. The predicted molar refractivity (Wildman–Crippen MR) is 89.1 cm³/mol. The van der Waals surface area contributed by atoms with Crippen LogP contribution in [-0.2, 0) is 9.59 Å². The molecule has 1 aromatic rings. The van der Waals surface area contributed by atoms with E-state index in [2.05, 4.69) is 4.98 Å². The number of piperazine rings is 1. The van der Waals surface area contributed by atoms with Crippen molar-refractivity contribution >= 4 is 18.0 Å². The molecule has 0 N–H and O–H groups in total. The van der Waals surface area contributed by atoms with Crippen LogP contribution in [0.25, 0.3) is 0 Å². The highest BCUT2D eigenvalue weighted by Gasteiger charge is 2.31. The lowest BCUT2D eigenvalue weighted by Gasteiger charge is -2.40. The number of nitrogens with zero attached hydrogens (tertiary/aromatic N) is 3. The maximum absolute atomic E-state index is 14.1. The van der Waals surface area contributed by atoms with Gasteiger partial charge in [-0.25, -0.2) is 13.8 Å². The van der Waals surface area contributed by atoms with Gasteiger partial charge in [-0.1, -0.05) is 0 Å². The third kappa shape index (κ3) is 3.60. The molecule has 1 aliphatic carbocycles. The van der Waals surface area contributed by atoms with Crippen LogP contribution in [0.2, 0.25) is 0 Å². The largest absolute Gasteiger partial charge is 0.353 e. The standard InChI is InChI=1S/C18H19F2N3O2/c1-12-10-22(17-5-3-14(19)9-21-17)6-7-23(12)18(25)15-8-13(11-24)2-4-16(15)20/h3,5,8-9,11-12H,2,4,6-7,10H2,1H3/t12-/m0/s1. The van der Waals surface area contributed by atoms with E-state index >= 15 is 0 Å². The summed E-state index contributed by atoms with van der Waals surface area (Å²) in [6, 6.07) is 2.78. The van der Waals surface area contributed by atoms with E-state index in [1.807, 2.05) is 11.8 Å². The number of rotatable bonds is 3. The number of amides is 1. The Kier molecular flexibility index (Phi) is 4.92. The molecule has 0 bridgehead atoms. The van der Waals surface area contributed by atoms with Crippen molar-refractivity contribution < 1.29 is 18.4 Å². The molecule has 1 aliphatic heterocycles. The summed E-state index contributed by atoms with van der Waals surface area (Å²) in [4.78, 5) is 31.3. The molecule has 0 aromatic carbocycles. The minimum atomic E-state index is -0.467. The number of halogens is 2. The van der Waals surface area contributed by atoms with E-state index in [1.165, 1.54) is 12.1 Å². The fraction of sp³-hybridized carbons (Fsp3) is 0.389. The van der Waals surface area contributed by atoms with Crippen LogP contribution in [0.1, 0.15) is 19.8 Å². The Morgan fingerprint density at radius 1 is 1.28 bits per heavy atom. The van der Waals surface area contributed by atoms with Gasteiger partial charge in [0.2, 0.25) is 0 Å². The fourth-order valence-electron chi connectivity index (χ4n) is 3.17. The van der Waals surface area contributed by atoms with Crippen LogP contribution < -0.4 is 4.90 Å². The van der Waals surface area contributed by atoms with Crippen LogP contribution in [0, 0.1) is 5.82 Å². The Balaban J connectivity index is 1.73. The lowest BCUT2D eigenvalue weighted by atomic mass is 9.97. The SMILES string of the molecule is C[C@H]1CN(c2ccc(F)cn2)CCN1C(=O)C1=C(F)CCC(C=O)=C1. The Morgan fingerprint density at radius 3 is 2.72 bits per heavy atom. The smallest absolute Gasteiger partial charge is 0.256 e. The van der Waals surface area contributed by atoms with Crippen LogP contribution in [0.5, 0.6) is 0 Å². The average molecular weight is 347 g/mol. The van der Waals surface area contributed by atoms with Gasteiger partial charge in [-0.3, -0.25) is 9.59 Å². The summed E-state index contributed by atoms with van der Waals surface area (Å²) in [6.07, 6.45) is 3.59. The molecule has 0 unspecified atom stereocenters. The van der Waals surface area contributed by atoms with E-state index in [0.29, 0.717) is 43.7 Å². The maximum atomic E-state index is 14.1. The van der Waals surface area contributed by atoms with E-state index in [0.717, 1.165) is 6.20 Å². The fourth-order valence-corrected chi connectivity index (χ4v) is 3.17. The summed E-state index contributed by atoms with van der Waals surface area (Å²) in [6.45, 7) is 3.32. The minimum Gasteiger partial charge on any atom is -0.353 e. The zero-order chi connectivity index (χ0) is 18.0. The Morgan fingerprint density at radius 2 is 2.08 bits per heavy atom. The van der Waals surface area contributed by atoms with Crippen molar-refractivity contribution in [3.05, 3.63) is 47.2 Å². The molecule has 3 rings (SSSR count). The molecule has 0 spiro atoms. The van der Waals surface area contributed by atoms with Gasteiger partial charge in [0, 0.05) is 32.1 Å². The van der Waals surface area contributed by atoms with Crippen LogP contribution in [0.3, 0.4) is 0 Å². The van der Waals surface area contributed by atoms with Crippen molar-refractivity contribution in [2.45, 2.75) is 25.8 Å². The topological polar surface area (TPSA) is 53.5 Å². The first-order valence-electron chi connectivity index (χ1n) is 8.21. The number of allylic oxidation sites excluding steroid dienone is 2. The maximum Gasteiger partial charge on any atom is 0.256 e. The molecule has 1 aromatic heterocycles. The second kappa shape index (κ2) is 7.13. The molecule has 2 heterocycles. The van der Waals surface area contributed by atoms with Crippen molar-refractivity contribution in [3.63, 3.8) is 0 Å². The second-order valence-electron chi connectivity index (χ2n) is 6.28. The Hall–Kier alpha value is -2.57. The zero-order valence-electron chi connectivity index (χ0n) is 13.9. The number of carbonyl (C=O) groups excluding carboxylic acids is 2. The monoisotopic (exact) mass is 347 g/mol. The highest BCUT2D eigenvalue weighted by molar-refractivity contribution is 5.99. The first kappa shape index (κ1) is 17.3. The summed E-state index contributed by atoms with van der Waals surface area (Å²) in [7, 11) is 0. The number of aromatic nitrogens is 1. The van der Waals surface area contributed by atoms with Crippen molar-refractivity contribution in [2.75, 3.05) is 24.5 Å². The predicted octanol–water partition coefficient (Wildman–Crippen LogP) is 2.40. The Bertz CT molecular complexity index is 743. The molecule has 132 valence electrons. The first-order valence-corrected chi connectivity index (χ1v) is 8.21. The lowest BCUT2D eigenvalue weighted by Crippen LogP contribution is -2.54. The van der Waals surface area contributed by atoms with Gasteiger partial charge in [0.15, 0.2) is 0 Å². The highest BCUT2D eigenvalue weighted by atomic mass is 19.1. The summed E-state index contributed by atoms with van der Waals surface area (Å²) in [5.74, 6) is -0.615. The van der Waals surface area contributed by atoms with Crippen molar-refractivity contribution in [1.82, 2.24) is 9.88 Å². The number of pyridine rings is 1. The van der Waals surface area contributed by atoms with Gasteiger partial charge in [-0.2, -0.15) is 0 Å². The second-order valence-corrected chi connectivity index (χ2v) is 6.28. The van der Waals surface area contributed by atoms with Crippen LogP contribution in [-0.4, -0.2) is 47.8 Å². The third-order valence-corrected chi connectivity index (χ3v) is 4.56. The molecule has 7 heteroatoms. The van der Waals surface area contributed by atoms with E-state index in [4.69, 9.17) is 0 Å². The van der Waals surface area contributed by atoms with E-state index in [-0.39, 0.29) is 18.0 Å². The molecule has 1 saturated heterocycles. The number of anilines is 1. The van der Waals surface area contributed by atoms with Crippen molar-refractivity contribution in [2.24, 2.45) is 0 Å². The molecule has 2 aliphatic rings. The number of carbonyl (C=O) groups is 2. The van der Waals surface area contributed by atoms with Gasteiger partial charge in [0.1, 0.15) is 23.7 Å². The molecular formula is C18H19F2N3O2. The molecule has 25 heavy (non-hydrogen) atoms. The summed E-state index contributed by atoms with van der Waals surface area (Å²) in [5, 5.41) is 0. The summed E-state index contributed by atoms with van der Waals surface area (Å²) >= 11 is 0. The van der Waals surface area contributed by atoms with Gasteiger partial charge in [0.25, 0.3) is 5.91 Å². The van der Waals surface area contributed by atoms with Crippen molar-refractivity contribution in [3.8, 4) is 0 Å². The normalized spacial score (nSPS) is 21.2. The van der Waals surface area contributed by atoms with E-state index < -0.39 is 17.6 Å². The molecular weight excluding hydrogens is 328 g/mol. The zero-order valence-corrected chi connectivity index (χ0v) is 13.9. The number of hydrogen-bond donors (Lipinski definition) is 0. The van der Waals surface area contributed by atoms with Gasteiger partial charge in [0.05, 0.1) is 11.8 Å². The molecule has 0 saturated carbocycles. The van der Waals surface area contributed by atoms with Crippen LogP contribution >= 0.6 is 0 Å². The van der Waals surface area contributed by atoms with Gasteiger partial charge in [-0.05, 0) is 37.1 Å². The third-order valence-electron chi connectivity index (χ3n) is 4.56. The summed E-state index contributed by atoms with van der Waals surface area (Å²) in [5.41, 5.74) is 0.417. The number of hydrogen-bond acceptors (Lipinski definition) is 4. The molecule has 5 nitrogen and oxygen atoms in total. The van der Waals surface area contributed by atoms with E-state index in [9.17, 15) is 18.4 Å². The van der Waals surface area contributed by atoms with Crippen molar-refractivity contribution in [1.29, 1.82) is 0 Å². The lowest BCUT2D eigenvalue weighted by molar-refractivity contribution is -0.129. The Labute approximate surface area is 144 Å². The quantitative estimate of drug-likeness (QED) is 0.788. The average Bonchev–Trinajstić information content (AvgIpc) is 2.62. The molecule has 1 amide bonds. The van der Waals surface area contributed by atoms with Crippen LogP contribution in [0.4, 0.5) is 14.6 Å². The number of aldehydes is 1. The summed E-state index contributed by atoms with van der Waals surface area (Å²) < 4.78 is 27.1. The molecule has 0 radical (unpaired) electrons. The molecule has 1 fully saturated rings. The van der Waals surface area contributed by atoms with Gasteiger partial charge >= 0.3 is 0 Å².